The highest BCUT2D eigenvalue weighted by Gasteiger charge is 2.19. The van der Waals surface area contributed by atoms with E-state index >= 15 is 0 Å². The number of phenolic OH excluding ortho intramolecular Hbond substituents is 1. The predicted octanol–water partition coefficient (Wildman–Crippen LogP) is 1.94. The van der Waals surface area contributed by atoms with Gasteiger partial charge in [-0.3, -0.25) is 0 Å². The van der Waals surface area contributed by atoms with Crippen molar-refractivity contribution in [1.82, 2.24) is 0 Å². The quantitative estimate of drug-likeness (QED) is 0.796. The predicted molar refractivity (Wildman–Crippen MR) is 63.1 cm³/mol. The summed E-state index contributed by atoms with van der Waals surface area (Å²) in [6.07, 6.45) is 0. The van der Waals surface area contributed by atoms with E-state index in [-0.39, 0.29) is 11.3 Å². The first kappa shape index (κ1) is 12.4. The third-order valence-electron chi connectivity index (χ3n) is 2.20. The fourth-order valence-electron chi connectivity index (χ4n) is 1.51. The average molecular weight is 223 g/mol. The van der Waals surface area contributed by atoms with Gasteiger partial charge in [0.25, 0.3) is 0 Å². The molecule has 0 aliphatic rings. The third-order valence-corrected chi connectivity index (χ3v) is 2.20. The van der Waals surface area contributed by atoms with E-state index < -0.39 is 5.97 Å². The third kappa shape index (κ3) is 2.45. The highest BCUT2D eigenvalue weighted by atomic mass is 16.5. The first-order valence-corrected chi connectivity index (χ1v) is 5.15. The number of nitrogens with zero attached hydrogens (tertiary/aromatic N) is 1. The van der Waals surface area contributed by atoms with Crippen LogP contribution in [0.25, 0.3) is 0 Å². The van der Waals surface area contributed by atoms with Crippen LogP contribution in [0.15, 0.2) is 12.1 Å². The summed E-state index contributed by atoms with van der Waals surface area (Å²) >= 11 is 0. The number of hydrogen-bond donors (Lipinski definition) is 1. The van der Waals surface area contributed by atoms with Crippen LogP contribution in [-0.2, 0) is 4.74 Å². The lowest BCUT2D eigenvalue weighted by molar-refractivity contribution is 0.0524. The standard InChI is InChI=1S/C12H17NO3/c1-5-16-12(15)11-9(13(3)4)6-8(2)7-10(11)14/h6-7,14H,5H2,1-4H3. The number of phenols is 1. The molecule has 16 heavy (non-hydrogen) atoms. The van der Waals surface area contributed by atoms with E-state index in [4.69, 9.17) is 4.74 Å². The van der Waals surface area contributed by atoms with E-state index in [0.717, 1.165) is 5.56 Å². The van der Waals surface area contributed by atoms with E-state index in [2.05, 4.69) is 0 Å². The monoisotopic (exact) mass is 223 g/mol. The van der Waals surface area contributed by atoms with Crippen molar-refractivity contribution < 1.29 is 14.6 Å². The number of anilines is 1. The Morgan fingerprint density at radius 1 is 1.44 bits per heavy atom. The van der Waals surface area contributed by atoms with Gasteiger partial charge in [-0.2, -0.15) is 0 Å². The van der Waals surface area contributed by atoms with Crippen LogP contribution < -0.4 is 4.90 Å². The van der Waals surface area contributed by atoms with Gasteiger partial charge >= 0.3 is 5.97 Å². The second-order valence-electron chi connectivity index (χ2n) is 3.79. The molecule has 0 radical (unpaired) electrons. The maximum atomic E-state index is 11.7. The molecule has 1 N–H and O–H groups in total. The van der Waals surface area contributed by atoms with Gasteiger partial charge in [-0.05, 0) is 31.5 Å². The summed E-state index contributed by atoms with van der Waals surface area (Å²) in [4.78, 5) is 13.5. The molecule has 4 heteroatoms. The molecule has 1 aromatic carbocycles. The van der Waals surface area contributed by atoms with Crippen LogP contribution >= 0.6 is 0 Å². The molecule has 0 spiro atoms. The summed E-state index contributed by atoms with van der Waals surface area (Å²) in [5.41, 5.74) is 1.78. The summed E-state index contributed by atoms with van der Waals surface area (Å²) < 4.78 is 4.91. The maximum absolute atomic E-state index is 11.7. The SMILES string of the molecule is CCOC(=O)c1c(O)cc(C)cc1N(C)C. The van der Waals surface area contributed by atoms with Crippen molar-refractivity contribution in [3.8, 4) is 5.75 Å². The number of esters is 1. The largest absolute Gasteiger partial charge is 0.507 e. The molecular formula is C12H17NO3. The van der Waals surface area contributed by atoms with Gasteiger partial charge in [0.2, 0.25) is 0 Å². The zero-order valence-electron chi connectivity index (χ0n) is 10.1. The molecule has 0 saturated carbocycles. The molecule has 88 valence electrons. The van der Waals surface area contributed by atoms with Crippen molar-refractivity contribution in [2.45, 2.75) is 13.8 Å². The first-order valence-electron chi connectivity index (χ1n) is 5.15. The molecule has 0 saturated heterocycles. The Morgan fingerprint density at radius 3 is 2.56 bits per heavy atom. The van der Waals surface area contributed by atoms with Crippen molar-refractivity contribution in [3.63, 3.8) is 0 Å². The van der Waals surface area contributed by atoms with Gasteiger partial charge in [0, 0.05) is 14.1 Å². The Balaban J connectivity index is 3.29. The smallest absolute Gasteiger partial charge is 0.344 e. The number of ether oxygens (including phenoxy) is 1. The maximum Gasteiger partial charge on any atom is 0.344 e. The fraction of sp³-hybridized carbons (Fsp3) is 0.417. The van der Waals surface area contributed by atoms with Gasteiger partial charge < -0.3 is 14.7 Å². The van der Waals surface area contributed by atoms with Crippen LogP contribution in [0.4, 0.5) is 5.69 Å². The van der Waals surface area contributed by atoms with E-state index in [0.29, 0.717) is 12.3 Å². The van der Waals surface area contributed by atoms with Gasteiger partial charge in [-0.25, -0.2) is 4.79 Å². The van der Waals surface area contributed by atoms with E-state index in [1.807, 2.05) is 27.1 Å². The Kier molecular flexibility index (Phi) is 3.77. The normalized spacial score (nSPS) is 10.0. The lowest BCUT2D eigenvalue weighted by atomic mass is 10.1. The first-order chi connectivity index (χ1) is 7.47. The minimum Gasteiger partial charge on any atom is -0.507 e. The number of aryl methyl sites for hydroxylation is 1. The minimum absolute atomic E-state index is 0.0397. The van der Waals surface area contributed by atoms with Gasteiger partial charge in [0.1, 0.15) is 11.3 Å². The van der Waals surface area contributed by atoms with Crippen molar-refractivity contribution in [1.29, 1.82) is 0 Å². The lowest BCUT2D eigenvalue weighted by Crippen LogP contribution is -2.16. The van der Waals surface area contributed by atoms with E-state index in [1.165, 1.54) is 0 Å². The number of carbonyl (C=O) groups excluding carboxylic acids is 1. The zero-order chi connectivity index (χ0) is 12.3. The van der Waals surface area contributed by atoms with Crippen LogP contribution in [0.1, 0.15) is 22.8 Å². The average Bonchev–Trinajstić information content (AvgIpc) is 2.16. The number of aromatic hydroxyl groups is 1. The molecule has 1 rings (SSSR count). The van der Waals surface area contributed by atoms with Crippen molar-refractivity contribution >= 4 is 11.7 Å². The molecular weight excluding hydrogens is 206 g/mol. The van der Waals surface area contributed by atoms with E-state index in [9.17, 15) is 9.90 Å². The summed E-state index contributed by atoms with van der Waals surface area (Å²) in [6.45, 7) is 3.89. The number of carbonyl (C=O) groups is 1. The van der Waals surface area contributed by atoms with Crippen LogP contribution in [0, 0.1) is 6.92 Å². The Bertz CT molecular complexity index is 399. The number of rotatable bonds is 3. The molecule has 0 amide bonds. The molecule has 0 heterocycles. The fourth-order valence-corrected chi connectivity index (χ4v) is 1.51. The van der Waals surface area contributed by atoms with Crippen LogP contribution in [0.3, 0.4) is 0 Å². The van der Waals surface area contributed by atoms with Crippen molar-refractivity contribution in [2.75, 3.05) is 25.6 Å². The highest BCUT2D eigenvalue weighted by molar-refractivity contribution is 5.99. The molecule has 1 aromatic rings. The van der Waals surface area contributed by atoms with Gasteiger partial charge in [0.05, 0.1) is 12.3 Å². The van der Waals surface area contributed by atoms with Crippen molar-refractivity contribution in [3.05, 3.63) is 23.3 Å². The summed E-state index contributed by atoms with van der Waals surface area (Å²) in [5, 5.41) is 9.79. The van der Waals surface area contributed by atoms with Crippen LogP contribution in [0.2, 0.25) is 0 Å². The molecule has 0 bridgehead atoms. The lowest BCUT2D eigenvalue weighted by Gasteiger charge is -2.18. The van der Waals surface area contributed by atoms with Gasteiger partial charge in [0.15, 0.2) is 0 Å². The van der Waals surface area contributed by atoms with Crippen LogP contribution in [0.5, 0.6) is 5.75 Å². The molecule has 0 aromatic heterocycles. The van der Waals surface area contributed by atoms with Gasteiger partial charge in [-0.1, -0.05) is 0 Å². The van der Waals surface area contributed by atoms with E-state index in [1.54, 1.807) is 17.9 Å². The number of benzene rings is 1. The summed E-state index contributed by atoms with van der Waals surface area (Å²) in [6, 6.07) is 3.39. The Morgan fingerprint density at radius 2 is 2.06 bits per heavy atom. The molecule has 0 atom stereocenters. The molecule has 0 aliphatic carbocycles. The minimum atomic E-state index is -0.497. The second-order valence-corrected chi connectivity index (χ2v) is 3.79. The molecule has 0 aliphatic heterocycles. The molecule has 0 unspecified atom stereocenters. The zero-order valence-corrected chi connectivity index (χ0v) is 10.1. The topological polar surface area (TPSA) is 49.8 Å². The molecule has 0 fully saturated rings. The highest BCUT2D eigenvalue weighted by Crippen LogP contribution is 2.30. The Labute approximate surface area is 95.5 Å². The summed E-state index contributed by atoms with van der Waals surface area (Å²) in [5.74, 6) is -0.536. The summed E-state index contributed by atoms with van der Waals surface area (Å²) in [7, 11) is 3.63. The van der Waals surface area contributed by atoms with Crippen molar-refractivity contribution in [2.24, 2.45) is 0 Å². The molecule has 4 nitrogen and oxygen atoms in total. The van der Waals surface area contributed by atoms with Crippen LogP contribution in [-0.4, -0.2) is 31.8 Å². The Hall–Kier alpha value is -1.71. The number of hydrogen-bond acceptors (Lipinski definition) is 4. The van der Waals surface area contributed by atoms with Gasteiger partial charge in [-0.15, -0.1) is 0 Å². The second kappa shape index (κ2) is 4.88.